The van der Waals surface area contributed by atoms with Crippen LogP contribution in [0.25, 0.3) is 0 Å². The zero-order valence-corrected chi connectivity index (χ0v) is 12.0. The minimum Gasteiger partial charge on any atom is -0.266 e. The largest absolute Gasteiger partial charge is 0.266 e. The number of hydrogen-bond donors (Lipinski definition) is 0. The molecule has 0 radical (unpaired) electrons. The molecule has 0 spiro atoms. The highest BCUT2D eigenvalue weighted by Gasteiger charge is 2.11. The Morgan fingerprint density at radius 2 is 2.07 bits per heavy atom. The van der Waals surface area contributed by atoms with E-state index in [2.05, 4.69) is 62.4 Å². The number of rotatable bonds is 4. The number of alkyl halides is 1. The van der Waals surface area contributed by atoms with Gasteiger partial charge in [0, 0.05) is 10.9 Å². The molecule has 1 heterocycles. The van der Waals surface area contributed by atoms with Crippen molar-refractivity contribution in [1.29, 1.82) is 0 Å². The van der Waals surface area contributed by atoms with Gasteiger partial charge in [0.2, 0.25) is 0 Å². The second-order valence-corrected chi connectivity index (χ2v) is 6.21. The van der Waals surface area contributed by atoms with Gasteiger partial charge >= 0.3 is 0 Å². The number of aromatic nitrogens is 2. The van der Waals surface area contributed by atoms with Gasteiger partial charge in [0.1, 0.15) is 0 Å². The van der Waals surface area contributed by atoms with Gasteiger partial charge in [-0.2, -0.15) is 5.10 Å². The minimum atomic E-state index is 0.432. The molecule has 1 aromatic rings. The van der Waals surface area contributed by atoms with Crippen LogP contribution in [0.5, 0.6) is 0 Å². The van der Waals surface area contributed by atoms with Crippen molar-refractivity contribution in [3.8, 4) is 0 Å². The van der Waals surface area contributed by atoms with E-state index >= 15 is 0 Å². The maximum atomic E-state index is 4.35. The summed E-state index contributed by atoms with van der Waals surface area (Å²) in [6, 6.07) is 0.432. The Bertz CT molecular complexity index is 292. The highest BCUT2D eigenvalue weighted by molar-refractivity contribution is 9.10. The predicted molar refractivity (Wildman–Crippen MR) is 67.0 cm³/mol. The molecule has 80 valence electrons. The summed E-state index contributed by atoms with van der Waals surface area (Å²) in [6.45, 7) is 6.48. The molecule has 1 atom stereocenters. The van der Waals surface area contributed by atoms with E-state index in [1.54, 1.807) is 0 Å². The molecule has 1 aromatic heterocycles. The van der Waals surface area contributed by atoms with Crippen molar-refractivity contribution in [1.82, 2.24) is 9.78 Å². The fourth-order valence-electron chi connectivity index (χ4n) is 1.38. The highest BCUT2D eigenvalue weighted by atomic mass is 79.9. The molecule has 0 amide bonds. The maximum absolute atomic E-state index is 4.35. The van der Waals surface area contributed by atoms with E-state index in [-0.39, 0.29) is 0 Å². The molecule has 2 nitrogen and oxygen atoms in total. The van der Waals surface area contributed by atoms with Crippen LogP contribution in [0.15, 0.2) is 10.7 Å². The van der Waals surface area contributed by atoms with Crippen LogP contribution in [0.2, 0.25) is 0 Å². The Hall–Kier alpha value is 0.170. The zero-order chi connectivity index (χ0) is 10.7. The van der Waals surface area contributed by atoms with Crippen molar-refractivity contribution < 1.29 is 0 Å². The van der Waals surface area contributed by atoms with E-state index < -0.39 is 0 Å². The monoisotopic (exact) mass is 322 g/mol. The first-order valence-corrected chi connectivity index (χ1v) is 6.59. The van der Waals surface area contributed by atoms with Crippen LogP contribution in [0, 0.1) is 0 Å². The fraction of sp³-hybridized carbons (Fsp3) is 0.700. The molecule has 0 saturated heterocycles. The Morgan fingerprint density at radius 3 is 2.57 bits per heavy atom. The molecule has 4 heteroatoms. The average molecular weight is 324 g/mol. The molecule has 0 bridgehead atoms. The molecular formula is C10H16Br2N2. The third-order valence-electron chi connectivity index (χ3n) is 2.12. The summed E-state index contributed by atoms with van der Waals surface area (Å²) in [5.74, 6) is 0. The summed E-state index contributed by atoms with van der Waals surface area (Å²) in [7, 11) is 0. The summed E-state index contributed by atoms with van der Waals surface area (Å²) < 4.78 is 3.21. The van der Waals surface area contributed by atoms with E-state index in [4.69, 9.17) is 0 Å². The van der Waals surface area contributed by atoms with Gasteiger partial charge in [-0.1, -0.05) is 22.9 Å². The van der Waals surface area contributed by atoms with E-state index in [9.17, 15) is 0 Å². The van der Waals surface area contributed by atoms with Crippen molar-refractivity contribution in [2.24, 2.45) is 0 Å². The second kappa shape index (κ2) is 5.31. The Morgan fingerprint density at radius 1 is 1.43 bits per heavy atom. The zero-order valence-electron chi connectivity index (χ0n) is 8.80. The van der Waals surface area contributed by atoms with Gasteiger partial charge in [-0.3, -0.25) is 4.68 Å². The topological polar surface area (TPSA) is 17.8 Å². The lowest BCUT2D eigenvalue weighted by molar-refractivity contribution is 0.504. The van der Waals surface area contributed by atoms with Gasteiger partial charge in [0.05, 0.1) is 16.4 Å². The SMILES string of the molecule is CC(Br)CCc1c(Br)cnn1C(C)C. The van der Waals surface area contributed by atoms with E-state index in [1.807, 2.05) is 6.20 Å². The smallest absolute Gasteiger partial charge is 0.0635 e. The molecule has 0 aromatic carbocycles. The summed E-state index contributed by atoms with van der Waals surface area (Å²) >= 11 is 7.10. The number of halogens is 2. The second-order valence-electron chi connectivity index (χ2n) is 3.80. The Kier molecular flexibility index (Phi) is 4.64. The van der Waals surface area contributed by atoms with Crippen LogP contribution in [0.1, 0.15) is 38.9 Å². The normalized spacial score (nSPS) is 13.6. The first kappa shape index (κ1) is 12.2. The number of hydrogen-bond acceptors (Lipinski definition) is 1. The molecule has 1 unspecified atom stereocenters. The van der Waals surface area contributed by atoms with Gasteiger partial charge in [-0.25, -0.2) is 0 Å². The molecule has 0 aliphatic rings. The van der Waals surface area contributed by atoms with Crippen molar-refractivity contribution in [3.05, 3.63) is 16.4 Å². The lowest BCUT2D eigenvalue weighted by atomic mass is 10.2. The van der Waals surface area contributed by atoms with Crippen LogP contribution >= 0.6 is 31.9 Å². The van der Waals surface area contributed by atoms with Gasteiger partial charge < -0.3 is 0 Å². The molecular weight excluding hydrogens is 308 g/mol. The first-order chi connectivity index (χ1) is 6.52. The third-order valence-corrected chi connectivity index (χ3v) is 3.24. The van der Waals surface area contributed by atoms with Crippen molar-refractivity contribution in [2.75, 3.05) is 0 Å². The van der Waals surface area contributed by atoms with Gasteiger partial charge in [-0.15, -0.1) is 0 Å². The van der Waals surface area contributed by atoms with E-state index in [0.717, 1.165) is 17.3 Å². The summed E-state index contributed by atoms with van der Waals surface area (Å²) in [4.78, 5) is 0.560. The number of nitrogens with zero attached hydrogens (tertiary/aromatic N) is 2. The Balaban J connectivity index is 2.77. The van der Waals surface area contributed by atoms with Crippen molar-refractivity contribution in [3.63, 3.8) is 0 Å². The lowest BCUT2D eigenvalue weighted by Gasteiger charge is -2.11. The summed E-state index contributed by atoms with van der Waals surface area (Å²) in [5.41, 5.74) is 1.30. The van der Waals surface area contributed by atoms with Crippen LogP contribution in [-0.4, -0.2) is 14.6 Å². The summed E-state index contributed by atoms with van der Waals surface area (Å²) in [6.07, 6.45) is 4.08. The van der Waals surface area contributed by atoms with E-state index in [0.29, 0.717) is 10.9 Å². The third kappa shape index (κ3) is 3.09. The quantitative estimate of drug-likeness (QED) is 0.767. The van der Waals surface area contributed by atoms with Gasteiger partial charge in [0.15, 0.2) is 0 Å². The Labute approximate surface area is 102 Å². The molecule has 0 N–H and O–H groups in total. The molecule has 0 aliphatic carbocycles. The molecule has 1 rings (SSSR count). The molecule has 14 heavy (non-hydrogen) atoms. The van der Waals surface area contributed by atoms with Crippen LogP contribution in [0.4, 0.5) is 0 Å². The average Bonchev–Trinajstić information content (AvgIpc) is 2.43. The summed E-state index contributed by atoms with van der Waals surface area (Å²) in [5, 5.41) is 4.35. The molecule has 0 fully saturated rings. The van der Waals surface area contributed by atoms with Crippen molar-refractivity contribution >= 4 is 31.9 Å². The standard InChI is InChI=1S/C10H16Br2N2/c1-7(2)14-10(5-4-8(3)11)9(12)6-13-14/h6-8H,4-5H2,1-3H3. The maximum Gasteiger partial charge on any atom is 0.0635 e. The first-order valence-electron chi connectivity index (χ1n) is 4.88. The van der Waals surface area contributed by atoms with Crippen LogP contribution < -0.4 is 0 Å². The van der Waals surface area contributed by atoms with Crippen molar-refractivity contribution in [2.45, 2.75) is 44.5 Å². The fourth-order valence-corrected chi connectivity index (χ4v) is 2.08. The van der Waals surface area contributed by atoms with Gasteiger partial charge in [0.25, 0.3) is 0 Å². The predicted octanol–water partition coefficient (Wildman–Crippen LogP) is 3.94. The van der Waals surface area contributed by atoms with E-state index in [1.165, 1.54) is 5.69 Å². The highest BCUT2D eigenvalue weighted by Crippen LogP contribution is 2.22. The van der Waals surface area contributed by atoms with Crippen LogP contribution in [-0.2, 0) is 6.42 Å². The lowest BCUT2D eigenvalue weighted by Crippen LogP contribution is -2.09. The molecule has 0 saturated carbocycles. The van der Waals surface area contributed by atoms with Gasteiger partial charge in [-0.05, 0) is 42.6 Å². The van der Waals surface area contributed by atoms with Crippen LogP contribution in [0.3, 0.4) is 0 Å². The minimum absolute atomic E-state index is 0.432. The molecule has 0 aliphatic heterocycles.